The first-order valence-electron chi connectivity index (χ1n) is 10.2. The van der Waals surface area contributed by atoms with Crippen LogP contribution in [0.5, 0.6) is 0 Å². The van der Waals surface area contributed by atoms with Crippen molar-refractivity contribution >= 4 is 11.8 Å². The lowest BCUT2D eigenvalue weighted by Crippen LogP contribution is -2.42. The molecule has 1 saturated heterocycles. The third kappa shape index (κ3) is 4.28. The molecule has 0 bridgehead atoms. The highest BCUT2D eigenvalue weighted by Crippen LogP contribution is 2.33. The predicted molar refractivity (Wildman–Crippen MR) is 104 cm³/mol. The summed E-state index contributed by atoms with van der Waals surface area (Å²) in [6.07, 6.45) is 7.26. The lowest BCUT2D eigenvalue weighted by molar-refractivity contribution is -0.136. The van der Waals surface area contributed by atoms with Crippen molar-refractivity contribution in [3.63, 3.8) is 0 Å². The molecule has 2 atom stereocenters. The van der Waals surface area contributed by atoms with Crippen molar-refractivity contribution in [1.82, 2.24) is 9.80 Å². The summed E-state index contributed by atoms with van der Waals surface area (Å²) >= 11 is 0. The lowest BCUT2D eigenvalue weighted by atomic mass is 9.90. The molecular weight excluding hydrogens is 324 g/mol. The predicted octanol–water partition coefficient (Wildman–Crippen LogP) is 3.95. The van der Waals surface area contributed by atoms with E-state index in [1.54, 1.807) is 6.92 Å². The monoisotopic (exact) mass is 356 g/mol. The van der Waals surface area contributed by atoms with Crippen molar-refractivity contribution in [1.29, 1.82) is 0 Å². The van der Waals surface area contributed by atoms with Crippen molar-refractivity contribution in [2.24, 2.45) is 5.92 Å². The second-order valence-electron chi connectivity index (χ2n) is 7.85. The van der Waals surface area contributed by atoms with Gasteiger partial charge in [-0.15, -0.1) is 0 Å². The summed E-state index contributed by atoms with van der Waals surface area (Å²) in [4.78, 5) is 29.1. The zero-order chi connectivity index (χ0) is 18.5. The molecule has 4 heteroatoms. The van der Waals surface area contributed by atoms with Crippen molar-refractivity contribution in [2.45, 2.75) is 64.8 Å². The quantitative estimate of drug-likeness (QED) is 0.819. The molecule has 4 nitrogen and oxygen atoms in total. The Bertz CT molecular complexity index is 643. The molecule has 0 N–H and O–H groups in total. The third-order valence-electron chi connectivity index (χ3n) is 6.08. The Labute approximate surface area is 157 Å². The normalized spacial score (nSPS) is 23.3. The van der Waals surface area contributed by atoms with Gasteiger partial charge in [-0.25, -0.2) is 0 Å². The fourth-order valence-corrected chi connectivity index (χ4v) is 4.65. The molecule has 1 aromatic carbocycles. The van der Waals surface area contributed by atoms with Crippen LogP contribution < -0.4 is 0 Å². The Kier molecular flexibility index (Phi) is 6.33. The van der Waals surface area contributed by atoms with Crippen LogP contribution in [0, 0.1) is 5.92 Å². The average molecular weight is 357 g/mol. The molecular formula is C22H32N2O2. The smallest absolute Gasteiger partial charge is 0.224 e. The zero-order valence-electron chi connectivity index (χ0n) is 16.2. The first-order chi connectivity index (χ1) is 12.6. The minimum absolute atomic E-state index is 0.0659. The number of nitrogens with zero attached hydrogens (tertiary/aromatic N) is 2. The summed E-state index contributed by atoms with van der Waals surface area (Å²) < 4.78 is 0. The van der Waals surface area contributed by atoms with Gasteiger partial charge in [0.15, 0.2) is 0 Å². The van der Waals surface area contributed by atoms with Gasteiger partial charge in [0, 0.05) is 26.6 Å². The molecule has 142 valence electrons. The van der Waals surface area contributed by atoms with Crippen molar-refractivity contribution in [3.05, 3.63) is 35.4 Å². The second-order valence-corrected chi connectivity index (χ2v) is 7.85. The topological polar surface area (TPSA) is 40.6 Å². The van der Waals surface area contributed by atoms with E-state index in [0.717, 1.165) is 43.8 Å². The first kappa shape index (κ1) is 18.9. The molecule has 2 aliphatic heterocycles. The van der Waals surface area contributed by atoms with Crippen LogP contribution in [-0.2, 0) is 16.0 Å². The molecule has 0 aromatic heterocycles. The highest BCUT2D eigenvalue weighted by Gasteiger charge is 2.32. The number of likely N-dealkylation sites (tertiary alicyclic amines) is 1. The van der Waals surface area contributed by atoms with E-state index in [4.69, 9.17) is 0 Å². The molecule has 1 fully saturated rings. The Hall–Kier alpha value is -1.84. The van der Waals surface area contributed by atoms with Crippen LogP contribution in [0.4, 0.5) is 0 Å². The minimum Gasteiger partial charge on any atom is -0.343 e. The van der Waals surface area contributed by atoms with Crippen LogP contribution in [0.25, 0.3) is 0 Å². The van der Waals surface area contributed by atoms with Crippen LogP contribution in [0.15, 0.2) is 24.3 Å². The van der Waals surface area contributed by atoms with Gasteiger partial charge in [0.25, 0.3) is 0 Å². The number of carbonyl (C=O) groups is 2. The fourth-order valence-electron chi connectivity index (χ4n) is 4.65. The van der Waals surface area contributed by atoms with Crippen LogP contribution in [0.2, 0.25) is 0 Å². The Morgan fingerprint density at radius 2 is 1.92 bits per heavy atom. The van der Waals surface area contributed by atoms with Gasteiger partial charge in [-0.2, -0.15) is 0 Å². The van der Waals surface area contributed by atoms with Gasteiger partial charge in [-0.3, -0.25) is 9.59 Å². The van der Waals surface area contributed by atoms with Crippen molar-refractivity contribution < 1.29 is 9.59 Å². The van der Waals surface area contributed by atoms with Gasteiger partial charge in [0.1, 0.15) is 0 Å². The number of carbonyl (C=O) groups excluding carboxylic acids is 2. The van der Waals surface area contributed by atoms with E-state index >= 15 is 0 Å². The molecule has 0 radical (unpaired) electrons. The number of fused-ring (bicyclic) bond motifs is 1. The van der Waals surface area contributed by atoms with Gasteiger partial charge in [0.2, 0.25) is 11.8 Å². The second kappa shape index (κ2) is 8.70. The van der Waals surface area contributed by atoms with E-state index in [0.29, 0.717) is 13.0 Å². The molecule has 1 aromatic rings. The highest BCUT2D eigenvalue weighted by atomic mass is 16.2. The summed E-state index contributed by atoms with van der Waals surface area (Å²) in [5, 5.41) is 0. The molecule has 2 heterocycles. The van der Waals surface area contributed by atoms with Gasteiger partial charge in [-0.05, 0) is 42.7 Å². The molecule has 2 amide bonds. The number of hydrogen-bond donors (Lipinski definition) is 0. The Morgan fingerprint density at radius 3 is 2.69 bits per heavy atom. The largest absolute Gasteiger partial charge is 0.343 e. The summed E-state index contributed by atoms with van der Waals surface area (Å²) in [5.41, 5.74) is 2.43. The number of amides is 2. The Balaban J connectivity index is 1.71. The van der Waals surface area contributed by atoms with E-state index in [-0.39, 0.29) is 17.9 Å². The van der Waals surface area contributed by atoms with E-state index in [1.807, 2.05) is 21.9 Å². The zero-order valence-corrected chi connectivity index (χ0v) is 16.2. The molecule has 2 unspecified atom stereocenters. The molecule has 0 spiro atoms. The fraction of sp³-hybridized carbons (Fsp3) is 0.636. The number of rotatable bonds is 4. The molecule has 26 heavy (non-hydrogen) atoms. The van der Waals surface area contributed by atoms with Crippen LogP contribution in [0.1, 0.15) is 69.5 Å². The maximum absolute atomic E-state index is 13.0. The number of hydrogen-bond acceptors (Lipinski definition) is 2. The number of benzene rings is 1. The van der Waals surface area contributed by atoms with E-state index in [9.17, 15) is 9.59 Å². The summed E-state index contributed by atoms with van der Waals surface area (Å²) in [5.74, 6) is 1.04. The SMILES string of the molecule is CCCC1CCCN(C(=O)CC2c3ccccc3CCN2C(C)=O)CC1. The first-order valence-corrected chi connectivity index (χ1v) is 10.2. The molecule has 3 rings (SSSR count). The van der Waals surface area contributed by atoms with Gasteiger partial charge >= 0.3 is 0 Å². The molecule has 0 saturated carbocycles. The standard InChI is InChI=1S/C22H32N2O2/c1-3-7-18-8-6-13-23(14-11-18)22(26)16-21-20-10-5-4-9-19(20)12-15-24(21)17(2)25/h4-5,9-10,18,21H,3,6-8,11-16H2,1-2H3. The Morgan fingerprint density at radius 1 is 1.12 bits per heavy atom. The average Bonchev–Trinajstić information content (AvgIpc) is 2.88. The van der Waals surface area contributed by atoms with Crippen LogP contribution in [-0.4, -0.2) is 41.2 Å². The van der Waals surface area contributed by atoms with Gasteiger partial charge < -0.3 is 9.80 Å². The van der Waals surface area contributed by atoms with Crippen molar-refractivity contribution in [3.8, 4) is 0 Å². The maximum atomic E-state index is 13.0. The summed E-state index contributed by atoms with van der Waals surface area (Å²) in [6.45, 7) is 6.31. The van der Waals surface area contributed by atoms with E-state index in [2.05, 4.69) is 19.1 Å². The maximum Gasteiger partial charge on any atom is 0.224 e. The third-order valence-corrected chi connectivity index (χ3v) is 6.08. The van der Waals surface area contributed by atoms with Crippen molar-refractivity contribution in [2.75, 3.05) is 19.6 Å². The van der Waals surface area contributed by atoms with Crippen LogP contribution >= 0.6 is 0 Å². The summed E-state index contributed by atoms with van der Waals surface area (Å²) in [7, 11) is 0. The van der Waals surface area contributed by atoms with E-state index in [1.165, 1.54) is 24.8 Å². The summed E-state index contributed by atoms with van der Waals surface area (Å²) in [6, 6.07) is 8.17. The minimum atomic E-state index is -0.111. The van der Waals surface area contributed by atoms with Gasteiger partial charge in [-0.1, -0.05) is 44.0 Å². The molecule has 0 aliphatic carbocycles. The van der Waals surface area contributed by atoms with Crippen LogP contribution in [0.3, 0.4) is 0 Å². The highest BCUT2D eigenvalue weighted by molar-refractivity contribution is 5.79. The lowest BCUT2D eigenvalue weighted by Gasteiger charge is -2.37. The van der Waals surface area contributed by atoms with E-state index < -0.39 is 0 Å². The molecule has 2 aliphatic rings. The van der Waals surface area contributed by atoms with Gasteiger partial charge in [0.05, 0.1) is 12.5 Å².